The number of halogens is 1. The molecule has 0 atom stereocenters. The van der Waals surface area contributed by atoms with E-state index in [1.807, 2.05) is 19.2 Å². The highest BCUT2D eigenvalue weighted by atomic mass is 35.5. The predicted molar refractivity (Wildman–Crippen MR) is 83.0 cm³/mol. The van der Waals surface area contributed by atoms with Gasteiger partial charge in [-0.2, -0.15) is 0 Å². The largest absolute Gasteiger partial charge is 0.373 e. The van der Waals surface area contributed by atoms with Crippen molar-refractivity contribution < 1.29 is 4.79 Å². The Hall–Kier alpha value is -1.66. The number of anilines is 2. The molecule has 7 heteroatoms. The van der Waals surface area contributed by atoms with Crippen molar-refractivity contribution in [2.45, 2.75) is 13.8 Å². The van der Waals surface area contributed by atoms with Gasteiger partial charge < -0.3 is 5.32 Å². The zero-order valence-corrected chi connectivity index (χ0v) is 13.0. The molecule has 0 bridgehead atoms. The van der Waals surface area contributed by atoms with Gasteiger partial charge in [-0.3, -0.25) is 9.69 Å². The molecule has 2 rings (SSSR count). The molecule has 2 aromatic rings. The summed E-state index contributed by atoms with van der Waals surface area (Å²) in [6, 6.07) is 3.24. The first-order chi connectivity index (χ1) is 9.55. The monoisotopic (exact) mass is 310 g/mol. The zero-order valence-electron chi connectivity index (χ0n) is 11.5. The van der Waals surface area contributed by atoms with Crippen LogP contribution in [0.4, 0.5) is 10.9 Å². The van der Waals surface area contributed by atoms with Gasteiger partial charge in [-0.15, -0.1) is 11.3 Å². The highest BCUT2D eigenvalue weighted by Gasteiger charge is 2.19. The van der Waals surface area contributed by atoms with E-state index in [0.717, 1.165) is 5.69 Å². The molecule has 2 heterocycles. The number of aromatic nitrogens is 2. The lowest BCUT2D eigenvalue weighted by Gasteiger charge is -2.18. The maximum atomic E-state index is 12.6. The molecule has 1 N–H and O–H groups in total. The first-order valence-electron chi connectivity index (χ1n) is 6.14. The van der Waals surface area contributed by atoms with Crippen LogP contribution in [0.1, 0.15) is 23.0 Å². The fraction of sp³-hybridized carbons (Fsp3) is 0.308. The number of hydrogen-bond acceptors (Lipinski definition) is 5. The Morgan fingerprint density at radius 1 is 1.45 bits per heavy atom. The molecule has 1 amide bonds. The SMILES string of the molecule is CCN(C(=O)c1cc(Cl)nc(NC)c1)c1nc(C)cs1. The van der Waals surface area contributed by atoms with Crippen molar-refractivity contribution in [3.8, 4) is 0 Å². The third kappa shape index (κ3) is 3.08. The van der Waals surface area contributed by atoms with E-state index in [2.05, 4.69) is 15.3 Å². The van der Waals surface area contributed by atoms with Gasteiger partial charge in [-0.25, -0.2) is 9.97 Å². The van der Waals surface area contributed by atoms with Crippen LogP contribution in [0.25, 0.3) is 0 Å². The van der Waals surface area contributed by atoms with Gasteiger partial charge in [-0.05, 0) is 26.0 Å². The van der Waals surface area contributed by atoms with E-state index in [9.17, 15) is 4.79 Å². The molecule has 0 unspecified atom stereocenters. The number of carbonyl (C=O) groups excluding carboxylic acids is 1. The van der Waals surface area contributed by atoms with Gasteiger partial charge in [0, 0.05) is 24.5 Å². The fourth-order valence-corrected chi connectivity index (χ4v) is 2.81. The number of pyridine rings is 1. The number of rotatable bonds is 4. The summed E-state index contributed by atoms with van der Waals surface area (Å²) in [7, 11) is 1.73. The average molecular weight is 311 g/mol. The van der Waals surface area contributed by atoms with Crippen LogP contribution in [0.3, 0.4) is 0 Å². The van der Waals surface area contributed by atoms with Crippen LogP contribution in [0.15, 0.2) is 17.5 Å². The molecule has 0 radical (unpaired) electrons. The fourth-order valence-electron chi connectivity index (χ4n) is 1.74. The Morgan fingerprint density at radius 2 is 2.20 bits per heavy atom. The van der Waals surface area contributed by atoms with Gasteiger partial charge in [0.2, 0.25) is 0 Å². The Balaban J connectivity index is 2.35. The summed E-state index contributed by atoms with van der Waals surface area (Å²) >= 11 is 7.39. The minimum Gasteiger partial charge on any atom is -0.373 e. The van der Waals surface area contributed by atoms with E-state index < -0.39 is 0 Å². The smallest absolute Gasteiger partial charge is 0.260 e. The molecule has 0 aliphatic rings. The summed E-state index contributed by atoms with van der Waals surface area (Å²) < 4.78 is 0. The molecule has 2 aromatic heterocycles. The lowest BCUT2D eigenvalue weighted by molar-refractivity contribution is 0.0988. The maximum absolute atomic E-state index is 12.6. The third-order valence-corrected chi connectivity index (χ3v) is 3.87. The Labute approximate surface area is 126 Å². The number of nitrogens with zero attached hydrogens (tertiary/aromatic N) is 3. The lowest BCUT2D eigenvalue weighted by Crippen LogP contribution is -2.30. The minimum atomic E-state index is -0.136. The molecule has 106 valence electrons. The minimum absolute atomic E-state index is 0.136. The molecular formula is C13H15ClN4OS. The van der Waals surface area contributed by atoms with Crippen LogP contribution in [0.5, 0.6) is 0 Å². The summed E-state index contributed by atoms with van der Waals surface area (Å²) in [4.78, 5) is 22.6. The topological polar surface area (TPSA) is 58.1 Å². The molecule has 0 spiro atoms. The summed E-state index contributed by atoms with van der Waals surface area (Å²) in [6.07, 6.45) is 0. The quantitative estimate of drug-likeness (QED) is 0.881. The second-order valence-electron chi connectivity index (χ2n) is 4.13. The molecule has 20 heavy (non-hydrogen) atoms. The first-order valence-corrected chi connectivity index (χ1v) is 7.40. The lowest BCUT2D eigenvalue weighted by atomic mass is 10.2. The molecule has 0 aliphatic heterocycles. The van der Waals surface area contributed by atoms with Crippen molar-refractivity contribution in [2.75, 3.05) is 23.8 Å². The van der Waals surface area contributed by atoms with Gasteiger partial charge >= 0.3 is 0 Å². The van der Waals surface area contributed by atoms with E-state index in [1.54, 1.807) is 24.1 Å². The molecular weight excluding hydrogens is 296 g/mol. The van der Waals surface area contributed by atoms with Gasteiger partial charge in [-0.1, -0.05) is 11.6 Å². The number of amides is 1. The van der Waals surface area contributed by atoms with Crippen LogP contribution in [-0.4, -0.2) is 29.5 Å². The molecule has 5 nitrogen and oxygen atoms in total. The summed E-state index contributed by atoms with van der Waals surface area (Å²) in [5, 5.41) is 5.78. The number of aryl methyl sites for hydroxylation is 1. The Bertz CT molecular complexity index is 629. The molecule has 0 aromatic carbocycles. The van der Waals surface area contributed by atoms with Crippen LogP contribution in [0, 0.1) is 6.92 Å². The molecule has 0 aliphatic carbocycles. The second kappa shape index (κ2) is 6.19. The van der Waals surface area contributed by atoms with Crippen molar-refractivity contribution >= 4 is 39.8 Å². The van der Waals surface area contributed by atoms with E-state index in [-0.39, 0.29) is 11.1 Å². The third-order valence-electron chi connectivity index (χ3n) is 2.70. The van der Waals surface area contributed by atoms with E-state index >= 15 is 0 Å². The van der Waals surface area contributed by atoms with Crippen LogP contribution >= 0.6 is 22.9 Å². The van der Waals surface area contributed by atoms with Crippen molar-refractivity contribution in [1.82, 2.24) is 9.97 Å². The normalized spacial score (nSPS) is 10.4. The van der Waals surface area contributed by atoms with Crippen LogP contribution < -0.4 is 10.2 Å². The second-order valence-corrected chi connectivity index (χ2v) is 5.36. The van der Waals surface area contributed by atoms with Crippen LogP contribution in [0.2, 0.25) is 5.15 Å². The zero-order chi connectivity index (χ0) is 14.7. The van der Waals surface area contributed by atoms with Gasteiger partial charge in [0.05, 0.1) is 5.69 Å². The number of thiazole rings is 1. The first kappa shape index (κ1) is 14.7. The average Bonchev–Trinajstić information content (AvgIpc) is 2.85. The number of nitrogens with one attached hydrogen (secondary N) is 1. The molecule has 0 fully saturated rings. The van der Waals surface area contributed by atoms with Gasteiger partial charge in [0.25, 0.3) is 5.91 Å². The van der Waals surface area contributed by atoms with Gasteiger partial charge in [0.15, 0.2) is 5.13 Å². The van der Waals surface area contributed by atoms with Crippen molar-refractivity contribution in [3.05, 3.63) is 33.9 Å². The standard InChI is InChI=1S/C13H15ClN4OS/c1-4-18(13-16-8(2)7-20-13)12(19)9-5-10(14)17-11(6-9)15-3/h5-7H,4H2,1-3H3,(H,15,17). The predicted octanol–water partition coefficient (Wildman–Crippen LogP) is 3.21. The molecule has 0 saturated heterocycles. The van der Waals surface area contributed by atoms with E-state index in [4.69, 9.17) is 11.6 Å². The summed E-state index contributed by atoms with van der Waals surface area (Å²) in [5.41, 5.74) is 1.39. The highest BCUT2D eigenvalue weighted by Crippen LogP contribution is 2.23. The van der Waals surface area contributed by atoms with Crippen molar-refractivity contribution in [2.24, 2.45) is 0 Å². The van der Waals surface area contributed by atoms with Crippen molar-refractivity contribution in [3.63, 3.8) is 0 Å². The summed E-state index contributed by atoms with van der Waals surface area (Å²) in [5.74, 6) is 0.426. The summed E-state index contributed by atoms with van der Waals surface area (Å²) in [6.45, 7) is 4.36. The molecule has 0 saturated carbocycles. The Morgan fingerprint density at radius 3 is 2.75 bits per heavy atom. The van der Waals surface area contributed by atoms with Crippen LogP contribution in [-0.2, 0) is 0 Å². The van der Waals surface area contributed by atoms with E-state index in [0.29, 0.717) is 23.1 Å². The van der Waals surface area contributed by atoms with Gasteiger partial charge in [0.1, 0.15) is 11.0 Å². The van der Waals surface area contributed by atoms with Crippen molar-refractivity contribution in [1.29, 1.82) is 0 Å². The Kier molecular flexibility index (Phi) is 4.57. The number of hydrogen-bond donors (Lipinski definition) is 1. The van der Waals surface area contributed by atoms with E-state index in [1.165, 1.54) is 11.3 Å². The number of carbonyl (C=O) groups is 1. The highest BCUT2D eigenvalue weighted by molar-refractivity contribution is 7.14. The maximum Gasteiger partial charge on any atom is 0.260 e.